The number of ether oxygens (including phenoxy) is 1. The minimum Gasteiger partial charge on any atom is -0.393 e. The number of methoxy groups -OCH3 is 1. The minimum atomic E-state index is -0.270. The highest BCUT2D eigenvalue weighted by Gasteiger charge is 2.65. The maximum Gasteiger partial charge on any atom is 0.0611 e. The van der Waals surface area contributed by atoms with Gasteiger partial charge in [0.25, 0.3) is 0 Å². The van der Waals surface area contributed by atoms with Crippen molar-refractivity contribution in [2.45, 2.75) is 78.4 Å². The lowest BCUT2D eigenvalue weighted by molar-refractivity contribution is -0.185. The highest BCUT2D eigenvalue weighted by molar-refractivity contribution is 5.15. The van der Waals surface area contributed by atoms with Crippen molar-refractivity contribution in [1.29, 1.82) is 0 Å². The maximum absolute atomic E-state index is 11.4. The Morgan fingerprint density at radius 1 is 1.09 bits per heavy atom. The standard InChI is InChI=1S/C21H36O2/c1-7-19(4)12-15(3)21-10-8-14(2)20(5,17(22)13-19)18(21)16(23-6)9-11-21/h7,14-18,22H,1,8-13H2,2-6H3/t14-,15+,16-,17+,18-,19+,20+,21-/m1/s1. The molecule has 3 fully saturated rings. The van der Waals surface area contributed by atoms with Crippen molar-refractivity contribution < 1.29 is 9.84 Å². The topological polar surface area (TPSA) is 29.5 Å². The number of allylic oxidation sites excluding steroid dienone is 1. The molecule has 8 atom stereocenters. The number of rotatable bonds is 2. The van der Waals surface area contributed by atoms with Crippen LogP contribution in [0.4, 0.5) is 0 Å². The lowest BCUT2D eigenvalue weighted by atomic mass is 9.44. The molecule has 0 radical (unpaired) electrons. The van der Waals surface area contributed by atoms with Crippen LogP contribution in [0.5, 0.6) is 0 Å². The van der Waals surface area contributed by atoms with E-state index in [4.69, 9.17) is 4.74 Å². The van der Waals surface area contributed by atoms with E-state index in [1.807, 2.05) is 7.11 Å². The SMILES string of the molecule is C=C[C@@]1(C)C[C@H](C)[C@]23CC[C@@H](C)[C@@](C)([C@@H](O)C1)[C@H]2[C@H](OC)CC3. The first-order valence-electron chi connectivity index (χ1n) is 9.58. The van der Waals surface area contributed by atoms with E-state index < -0.39 is 0 Å². The smallest absolute Gasteiger partial charge is 0.0611 e. The molecule has 0 aromatic rings. The number of aliphatic hydroxyl groups is 1. The average molecular weight is 321 g/mol. The summed E-state index contributed by atoms with van der Waals surface area (Å²) in [5.74, 6) is 1.70. The molecule has 3 aliphatic rings. The molecule has 0 aliphatic heterocycles. The monoisotopic (exact) mass is 320 g/mol. The number of hydrogen-bond acceptors (Lipinski definition) is 2. The van der Waals surface area contributed by atoms with E-state index in [0.29, 0.717) is 29.3 Å². The van der Waals surface area contributed by atoms with Crippen molar-refractivity contribution in [1.82, 2.24) is 0 Å². The molecule has 132 valence electrons. The zero-order chi connectivity index (χ0) is 17.0. The molecule has 0 heterocycles. The van der Waals surface area contributed by atoms with Gasteiger partial charge in [0.15, 0.2) is 0 Å². The zero-order valence-corrected chi connectivity index (χ0v) is 15.8. The first kappa shape index (κ1) is 17.5. The maximum atomic E-state index is 11.4. The average Bonchev–Trinajstić information content (AvgIpc) is 2.91. The van der Waals surface area contributed by atoms with Crippen LogP contribution in [0.2, 0.25) is 0 Å². The molecule has 0 saturated heterocycles. The van der Waals surface area contributed by atoms with Crippen LogP contribution >= 0.6 is 0 Å². The van der Waals surface area contributed by atoms with Crippen LogP contribution in [0, 0.1) is 34.0 Å². The van der Waals surface area contributed by atoms with Crippen molar-refractivity contribution >= 4 is 0 Å². The molecule has 3 rings (SSSR count). The van der Waals surface area contributed by atoms with Crippen molar-refractivity contribution in [3.8, 4) is 0 Å². The molecule has 0 aromatic carbocycles. The Labute approximate surface area is 142 Å². The third-order valence-corrected chi connectivity index (χ3v) is 8.59. The van der Waals surface area contributed by atoms with Crippen molar-refractivity contribution in [3.05, 3.63) is 12.7 Å². The molecule has 3 aliphatic carbocycles. The van der Waals surface area contributed by atoms with Crippen LogP contribution < -0.4 is 0 Å². The predicted octanol–water partition coefficient (Wildman–Crippen LogP) is 4.82. The highest BCUT2D eigenvalue weighted by atomic mass is 16.5. The van der Waals surface area contributed by atoms with Gasteiger partial charge in [0.2, 0.25) is 0 Å². The van der Waals surface area contributed by atoms with E-state index in [-0.39, 0.29) is 16.9 Å². The summed E-state index contributed by atoms with van der Waals surface area (Å²) in [5, 5.41) is 11.4. The van der Waals surface area contributed by atoms with Crippen molar-refractivity contribution in [3.63, 3.8) is 0 Å². The molecule has 23 heavy (non-hydrogen) atoms. The van der Waals surface area contributed by atoms with Gasteiger partial charge >= 0.3 is 0 Å². The highest BCUT2D eigenvalue weighted by Crippen LogP contribution is 2.68. The number of hydrogen-bond donors (Lipinski definition) is 1. The van der Waals surface area contributed by atoms with E-state index in [1.54, 1.807) is 0 Å². The first-order chi connectivity index (χ1) is 10.7. The van der Waals surface area contributed by atoms with Gasteiger partial charge in [-0.2, -0.15) is 0 Å². The second kappa shape index (κ2) is 5.59. The Hall–Kier alpha value is -0.340. The van der Waals surface area contributed by atoms with Crippen molar-refractivity contribution in [2.75, 3.05) is 7.11 Å². The first-order valence-corrected chi connectivity index (χ1v) is 9.58. The molecule has 0 aromatic heterocycles. The summed E-state index contributed by atoms with van der Waals surface area (Å²) in [6.07, 6.45) is 9.10. The summed E-state index contributed by atoms with van der Waals surface area (Å²) < 4.78 is 5.97. The second-order valence-electron chi connectivity index (χ2n) is 9.51. The lowest BCUT2D eigenvalue weighted by Crippen LogP contribution is -2.60. The summed E-state index contributed by atoms with van der Waals surface area (Å²) in [6, 6.07) is 0. The lowest BCUT2D eigenvalue weighted by Gasteiger charge is -2.62. The van der Waals surface area contributed by atoms with E-state index in [2.05, 4.69) is 40.3 Å². The summed E-state index contributed by atoms with van der Waals surface area (Å²) in [7, 11) is 1.87. The van der Waals surface area contributed by atoms with Gasteiger partial charge in [-0.05, 0) is 67.1 Å². The fourth-order valence-corrected chi connectivity index (χ4v) is 6.91. The van der Waals surface area contributed by atoms with E-state index in [9.17, 15) is 5.11 Å². The van der Waals surface area contributed by atoms with Crippen LogP contribution in [0.15, 0.2) is 12.7 Å². The third kappa shape index (κ3) is 2.28. The van der Waals surface area contributed by atoms with E-state index >= 15 is 0 Å². The van der Waals surface area contributed by atoms with Crippen LogP contribution in [0.1, 0.15) is 66.2 Å². The van der Waals surface area contributed by atoms with Crippen LogP contribution in [0.25, 0.3) is 0 Å². The van der Waals surface area contributed by atoms with E-state index in [0.717, 1.165) is 19.3 Å². The molecule has 2 bridgehead atoms. The fourth-order valence-electron chi connectivity index (χ4n) is 6.91. The van der Waals surface area contributed by atoms with Gasteiger partial charge < -0.3 is 9.84 Å². The van der Waals surface area contributed by atoms with Crippen molar-refractivity contribution in [2.24, 2.45) is 34.0 Å². The molecule has 2 nitrogen and oxygen atoms in total. The predicted molar refractivity (Wildman–Crippen MR) is 95.2 cm³/mol. The largest absolute Gasteiger partial charge is 0.393 e. The molecule has 0 amide bonds. The van der Waals surface area contributed by atoms with E-state index in [1.165, 1.54) is 19.3 Å². The summed E-state index contributed by atoms with van der Waals surface area (Å²) in [4.78, 5) is 0. The summed E-state index contributed by atoms with van der Waals surface area (Å²) in [5.41, 5.74) is 0.336. The summed E-state index contributed by atoms with van der Waals surface area (Å²) >= 11 is 0. The van der Waals surface area contributed by atoms with Gasteiger partial charge in [-0.3, -0.25) is 0 Å². The third-order valence-electron chi connectivity index (χ3n) is 8.59. The van der Waals surface area contributed by atoms with Gasteiger partial charge in [0.05, 0.1) is 12.2 Å². The van der Waals surface area contributed by atoms with Gasteiger partial charge in [-0.25, -0.2) is 0 Å². The van der Waals surface area contributed by atoms with Crippen LogP contribution in [-0.2, 0) is 4.74 Å². The van der Waals surface area contributed by atoms with Gasteiger partial charge in [-0.1, -0.05) is 33.8 Å². The molecule has 2 heteroatoms. The molecule has 0 unspecified atom stereocenters. The Morgan fingerprint density at radius 3 is 2.35 bits per heavy atom. The van der Waals surface area contributed by atoms with Crippen LogP contribution in [0.3, 0.4) is 0 Å². The van der Waals surface area contributed by atoms with Gasteiger partial charge in [0.1, 0.15) is 0 Å². The molecule has 3 saturated carbocycles. The van der Waals surface area contributed by atoms with Gasteiger partial charge in [-0.15, -0.1) is 6.58 Å². The summed E-state index contributed by atoms with van der Waals surface area (Å²) in [6.45, 7) is 13.6. The normalized spacial score (nSPS) is 56.5. The molecule has 1 N–H and O–H groups in total. The quantitative estimate of drug-likeness (QED) is 0.739. The Balaban J connectivity index is 2.14. The minimum absolute atomic E-state index is 0.0419. The van der Waals surface area contributed by atoms with Gasteiger partial charge in [0, 0.05) is 12.5 Å². The zero-order valence-electron chi connectivity index (χ0n) is 15.8. The Kier molecular flexibility index (Phi) is 4.25. The van der Waals surface area contributed by atoms with Crippen LogP contribution in [-0.4, -0.2) is 24.4 Å². The molecule has 0 spiro atoms. The second-order valence-corrected chi connectivity index (χ2v) is 9.51. The Morgan fingerprint density at radius 2 is 1.74 bits per heavy atom. The number of aliphatic hydroxyl groups excluding tert-OH is 1. The molecular weight excluding hydrogens is 284 g/mol. The fraction of sp³-hybridized carbons (Fsp3) is 0.905. The molecular formula is C21H36O2. The Bertz CT molecular complexity index is 474.